The summed E-state index contributed by atoms with van der Waals surface area (Å²) in [5, 5.41) is 3.38. The number of hydrogen-bond acceptors (Lipinski definition) is 2. The van der Waals surface area contributed by atoms with Crippen molar-refractivity contribution >= 4 is 0 Å². The Kier molecular flexibility index (Phi) is 3.34. The lowest BCUT2D eigenvalue weighted by atomic mass is 9.91. The number of rotatable bonds is 2. The highest BCUT2D eigenvalue weighted by Crippen LogP contribution is 2.32. The molecule has 2 aromatic rings. The maximum absolute atomic E-state index is 13.0. The van der Waals surface area contributed by atoms with Crippen molar-refractivity contribution in [2.24, 2.45) is 7.05 Å². The van der Waals surface area contributed by atoms with Crippen molar-refractivity contribution in [3.8, 4) is 11.3 Å². The standard InChI is InChI=1S/C15H18FN3/c1-19-10-18-14(11-2-4-13(16)5-3-11)15(19)12-6-8-17-9-7-12/h2-5,10,12,17H,6-9H2,1H3. The lowest BCUT2D eigenvalue weighted by molar-refractivity contribution is 0.446. The molecule has 100 valence electrons. The molecule has 1 aromatic carbocycles. The summed E-state index contributed by atoms with van der Waals surface area (Å²) in [6, 6.07) is 6.61. The first-order chi connectivity index (χ1) is 9.25. The van der Waals surface area contributed by atoms with Crippen molar-refractivity contribution in [1.29, 1.82) is 0 Å². The molecular weight excluding hydrogens is 241 g/mol. The van der Waals surface area contributed by atoms with Gasteiger partial charge < -0.3 is 9.88 Å². The minimum Gasteiger partial charge on any atom is -0.337 e. The minimum absolute atomic E-state index is 0.205. The molecule has 1 saturated heterocycles. The van der Waals surface area contributed by atoms with Gasteiger partial charge in [-0.1, -0.05) is 0 Å². The van der Waals surface area contributed by atoms with E-state index in [1.54, 1.807) is 0 Å². The van der Waals surface area contributed by atoms with Crippen LogP contribution >= 0.6 is 0 Å². The van der Waals surface area contributed by atoms with Gasteiger partial charge in [0, 0.05) is 24.2 Å². The Balaban J connectivity index is 1.99. The van der Waals surface area contributed by atoms with Gasteiger partial charge in [0.1, 0.15) is 5.82 Å². The summed E-state index contributed by atoms with van der Waals surface area (Å²) in [4.78, 5) is 4.51. The zero-order valence-electron chi connectivity index (χ0n) is 11.1. The molecule has 1 aliphatic heterocycles. The molecule has 2 heterocycles. The summed E-state index contributed by atoms with van der Waals surface area (Å²) in [6.45, 7) is 2.11. The Morgan fingerprint density at radius 2 is 1.89 bits per heavy atom. The summed E-state index contributed by atoms with van der Waals surface area (Å²) in [5.41, 5.74) is 3.26. The fourth-order valence-electron chi connectivity index (χ4n) is 2.85. The predicted molar refractivity (Wildman–Crippen MR) is 73.4 cm³/mol. The van der Waals surface area contributed by atoms with Crippen LogP contribution in [0.25, 0.3) is 11.3 Å². The molecular formula is C15H18FN3. The number of aryl methyl sites for hydroxylation is 1. The molecule has 0 saturated carbocycles. The Morgan fingerprint density at radius 1 is 1.21 bits per heavy atom. The van der Waals surface area contributed by atoms with Crippen LogP contribution < -0.4 is 5.32 Å². The Hall–Kier alpha value is -1.68. The fraction of sp³-hybridized carbons (Fsp3) is 0.400. The van der Waals surface area contributed by atoms with Gasteiger partial charge in [-0.25, -0.2) is 9.37 Å². The number of hydrogen-bond donors (Lipinski definition) is 1. The third-order valence-corrected chi connectivity index (χ3v) is 3.83. The van der Waals surface area contributed by atoms with Crippen LogP contribution in [-0.2, 0) is 7.05 Å². The van der Waals surface area contributed by atoms with Gasteiger partial charge in [-0.15, -0.1) is 0 Å². The second-order valence-electron chi connectivity index (χ2n) is 5.12. The summed E-state index contributed by atoms with van der Waals surface area (Å²) in [7, 11) is 2.04. The lowest BCUT2D eigenvalue weighted by Gasteiger charge is -2.24. The first kappa shape index (κ1) is 12.4. The van der Waals surface area contributed by atoms with Gasteiger partial charge in [0.25, 0.3) is 0 Å². The van der Waals surface area contributed by atoms with Crippen LogP contribution in [0, 0.1) is 5.82 Å². The van der Waals surface area contributed by atoms with Crippen LogP contribution in [0.4, 0.5) is 4.39 Å². The van der Waals surface area contributed by atoms with E-state index >= 15 is 0 Å². The van der Waals surface area contributed by atoms with E-state index in [-0.39, 0.29) is 5.82 Å². The van der Waals surface area contributed by atoms with E-state index < -0.39 is 0 Å². The van der Waals surface area contributed by atoms with E-state index in [9.17, 15) is 4.39 Å². The van der Waals surface area contributed by atoms with Gasteiger partial charge >= 0.3 is 0 Å². The van der Waals surface area contributed by atoms with E-state index in [0.29, 0.717) is 5.92 Å². The van der Waals surface area contributed by atoms with Crippen LogP contribution in [-0.4, -0.2) is 22.6 Å². The zero-order chi connectivity index (χ0) is 13.2. The first-order valence-corrected chi connectivity index (χ1v) is 6.73. The molecule has 1 aliphatic rings. The molecule has 0 atom stereocenters. The summed E-state index contributed by atoms with van der Waals surface area (Å²) in [6.07, 6.45) is 4.12. The summed E-state index contributed by atoms with van der Waals surface area (Å²) < 4.78 is 15.1. The molecule has 0 aliphatic carbocycles. The molecule has 3 rings (SSSR count). The Bertz CT molecular complexity index is 553. The highest BCUT2D eigenvalue weighted by molar-refractivity contribution is 5.62. The summed E-state index contributed by atoms with van der Waals surface area (Å²) >= 11 is 0. The van der Waals surface area contributed by atoms with Gasteiger partial charge in [0.05, 0.1) is 12.0 Å². The van der Waals surface area contributed by atoms with Crippen molar-refractivity contribution in [3.05, 3.63) is 42.1 Å². The third-order valence-electron chi connectivity index (χ3n) is 3.83. The van der Waals surface area contributed by atoms with Crippen LogP contribution in [0.1, 0.15) is 24.5 Å². The second kappa shape index (κ2) is 5.13. The molecule has 0 amide bonds. The maximum atomic E-state index is 13.0. The SMILES string of the molecule is Cn1cnc(-c2ccc(F)cc2)c1C1CCNCC1. The highest BCUT2D eigenvalue weighted by Gasteiger charge is 2.22. The summed E-state index contributed by atoms with van der Waals surface area (Å²) in [5.74, 6) is 0.330. The van der Waals surface area contributed by atoms with E-state index in [4.69, 9.17) is 0 Å². The highest BCUT2D eigenvalue weighted by atomic mass is 19.1. The molecule has 0 spiro atoms. The molecule has 0 radical (unpaired) electrons. The first-order valence-electron chi connectivity index (χ1n) is 6.73. The number of imidazole rings is 1. The van der Waals surface area contributed by atoms with Crippen molar-refractivity contribution in [2.45, 2.75) is 18.8 Å². The van der Waals surface area contributed by atoms with Gasteiger partial charge in [-0.2, -0.15) is 0 Å². The molecule has 1 aromatic heterocycles. The van der Waals surface area contributed by atoms with Gasteiger partial charge in [0.2, 0.25) is 0 Å². The quantitative estimate of drug-likeness (QED) is 0.898. The van der Waals surface area contributed by atoms with Crippen LogP contribution in [0.3, 0.4) is 0 Å². The monoisotopic (exact) mass is 259 g/mol. The van der Waals surface area contributed by atoms with Crippen LogP contribution in [0.15, 0.2) is 30.6 Å². The van der Waals surface area contributed by atoms with Crippen molar-refractivity contribution < 1.29 is 4.39 Å². The molecule has 19 heavy (non-hydrogen) atoms. The minimum atomic E-state index is -0.205. The Morgan fingerprint density at radius 3 is 2.58 bits per heavy atom. The molecule has 0 unspecified atom stereocenters. The van der Waals surface area contributed by atoms with E-state index in [2.05, 4.69) is 14.9 Å². The molecule has 4 heteroatoms. The number of benzene rings is 1. The van der Waals surface area contributed by atoms with E-state index in [1.807, 2.05) is 25.5 Å². The molecule has 1 N–H and O–H groups in total. The average Bonchev–Trinajstić information content (AvgIpc) is 2.82. The van der Waals surface area contributed by atoms with Crippen LogP contribution in [0.5, 0.6) is 0 Å². The topological polar surface area (TPSA) is 29.9 Å². The van der Waals surface area contributed by atoms with Crippen molar-refractivity contribution in [2.75, 3.05) is 13.1 Å². The Labute approximate surface area is 112 Å². The third kappa shape index (κ3) is 2.40. The number of nitrogens with zero attached hydrogens (tertiary/aromatic N) is 2. The number of piperidine rings is 1. The second-order valence-corrected chi connectivity index (χ2v) is 5.12. The van der Waals surface area contributed by atoms with Crippen molar-refractivity contribution in [1.82, 2.24) is 14.9 Å². The van der Waals surface area contributed by atoms with Crippen LogP contribution in [0.2, 0.25) is 0 Å². The largest absolute Gasteiger partial charge is 0.337 e. The van der Waals surface area contributed by atoms with Gasteiger partial charge in [-0.05, 0) is 50.2 Å². The predicted octanol–water partition coefficient (Wildman–Crippen LogP) is 2.69. The molecule has 0 bridgehead atoms. The maximum Gasteiger partial charge on any atom is 0.123 e. The number of halogens is 1. The average molecular weight is 259 g/mol. The zero-order valence-corrected chi connectivity index (χ0v) is 11.1. The van der Waals surface area contributed by atoms with Gasteiger partial charge in [-0.3, -0.25) is 0 Å². The smallest absolute Gasteiger partial charge is 0.123 e. The molecule has 1 fully saturated rings. The van der Waals surface area contributed by atoms with Gasteiger partial charge in [0.15, 0.2) is 0 Å². The lowest BCUT2D eigenvalue weighted by Crippen LogP contribution is -2.27. The fourth-order valence-corrected chi connectivity index (χ4v) is 2.85. The normalized spacial score (nSPS) is 16.7. The van der Waals surface area contributed by atoms with E-state index in [1.165, 1.54) is 17.8 Å². The van der Waals surface area contributed by atoms with Crippen molar-refractivity contribution in [3.63, 3.8) is 0 Å². The van der Waals surface area contributed by atoms with E-state index in [0.717, 1.165) is 37.2 Å². The molecule has 3 nitrogen and oxygen atoms in total. The number of nitrogens with one attached hydrogen (secondary N) is 1. The number of aromatic nitrogens is 2.